The van der Waals surface area contributed by atoms with Gasteiger partial charge in [-0.2, -0.15) is 0 Å². The van der Waals surface area contributed by atoms with Gasteiger partial charge in [-0.05, 0) is 52.2 Å². The first kappa shape index (κ1) is 20.0. The molecule has 0 bridgehead atoms. The van der Waals surface area contributed by atoms with Crippen LogP contribution in [0, 0.1) is 17.0 Å². The predicted molar refractivity (Wildman–Crippen MR) is 119 cm³/mol. The van der Waals surface area contributed by atoms with Gasteiger partial charge in [-0.15, -0.1) is 0 Å². The van der Waals surface area contributed by atoms with Crippen molar-refractivity contribution in [1.29, 1.82) is 5.41 Å². The molecule has 0 spiro atoms. The number of halogens is 2. The topological polar surface area (TPSA) is 105 Å². The molecular formula is C24H18F2N4O. The smallest absolute Gasteiger partial charge is 0.256 e. The Labute approximate surface area is 176 Å². The Kier molecular flexibility index (Phi) is 5.09. The fourth-order valence-electron chi connectivity index (χ4n) is 3.58. The van der Waals surface area contributed by atoms with Crippen molar-refractivity contribution in [1.82, 2.24) is 0 Å². The zero-order valence-corrected chi connectivity index (χ0v) is 16.2. The van der Waals surface area contributed by atoms with Gasteiger partial charge in [-0.25, -0.2) is 8.78 Å². The van der Waals surface area contributed by atoms with E-state index in [1.165, 1.54) is 0 Å². The molecule has 0 aromatic heterocycles. The molecule has 0 heterocycles. The van der Waals surface area contributed by atoms with E-state index in [2.05, 4.69) is 5.32 Å². The number of hydrogen-bond donors (Lipinski definition) is 4. The van der Waals surface area contributed by atoms with Gasteiger partial charge in [0.05, 0.1) is 0 Å². The normalized spacial score (nSPS) is 10.8. The lowest BCUT2D eigenvalue weighted by Crippen LogP contribution is -2.15. The van der Waals surface area contributed by atoms with Gasteiger partial charge in [0.15, 0.2) is 0 Å². The highest BCUT2D eigenvalue weighted by Gasteiger charge is 2.15. The molecule has 0 saturated carbocycles. The zero-order chi connectivity index (χ0) is 22.1. The Morgan fingerprint density at radius 3 is 2.32 bits per heavy atom. The van der Waals surface area contributed by atoms with Crippen molar-refractivity contribution >= 4 is 33.9 Å². The summed E-state index contributed by atoms with van der Waals surface area (Å²) in [6, 6.07) is 18.8. The van der Waals surface area contributed by atoms with E-state index < -0.39 is 17.5 Å². The number of amides is 1. The zero-order valence-electron chi connectivity index (χ0n) is 16.2. The van der Waals surface area contributed by atoms with Crippen LogP contribution in [0.5, 0.6) is 0 Å². The molecule has 0 aliphatic carbocycles. The van der Waals surface area contributed by atoms with Crippen molar-refractivity contribution in [3.63, 3.8) is 0 Å². The van der Waals surface area contributed by atoms with E-state index >= 15 is 0 Å². The number of hydrogen-bond acceptors (Lipinski definition) is 3. The van der Waals surface area contributed by atoms with Crippen molar-refractivity contribution in [2.45, 2.75) is 0 Å². The third-order valence-corrected chi connectivity index (χ3v) is 4.92. The molecule has 0 radical (unpaired) electrons. The van der Waals surface area contributed by atoms with Gasteiger partial charge >= 0.3 is 0 Å². The molecule has 7 heteroatoms. The van der Waals surface area contributed by atoms with E-state index in [4.69, 9.17) is 16.9 Å². The Bertz CT molecular complexity index is 1330. The van der Waals surface area contributed by atoms with Crippen LogP contribution in [0.25, 0.3) is 21.9 Å². The van der Waals surface area contributed by atoms with Crippen LogP contribution in [0.1, 0.15) is 15.9 Å². The lowest BCUT2D eigenvalue weighted by molar-refractivity contribution is 0.102. The highest BCUT2D eigenvalue weighted by Crippen LogP contribution is 2.31. The number of carbonyl (C=O) groups excluding carboxylic acids is 1. The summed E-state index contributed by atoms with van der Waals surface area (Å²) in [7, 11) is 0. The van der Waals surface area contributed by atoms with E-state index in [0.29, 0.717) is 27.8 Å². The van der Waals surface area contributed by atoms with E-state index in [1.807, 2.05) is 24.3 Å². The molecule has 0 saturated heterocycles. The Morgan fingerprint density at radius 2 is 1.61 bits per heavy atom. The van der Waals surface area contributed by atoms with Crippen molar-refractivity contribution in [3.8, 4) is 11.1 Å². The first-order valence-electron chi connectivity index (χ1n) is 9.37. The van der Waals surface area contributed by atoms with Crippen LogP contribution in [-0.4, -0.2) is 11.7 Å². The number of anilines is 2. The Hall–Kier alpha value is -4.26. The Balaban J connectivity index is 1.75. The van der Waals surface area contributed by atoms with Crippen molar-refractivity contribution in [2.75, 3.05) is 11.1 Å². The second-order valence-electron chi connectivity index (χ2n) is 7.04. The lowest BCUT2D eigenvalue weighted by Gasteiger charge is -2.13. The van der Waals surface area contributed by atoms with Crippen LogP contribution in [-0.2, 0) is 0 Å². The maximum absolute atomic E-state index is 13.4. The summed E-state index contributed by atoms with van der Waals surface area (Å²) in [4.78, 5) is 12.8. The van der Waals surface area contributed by atoms with Crippen LogP contribution in [0.15, 0.2) is 72.8 Å². The number of nitrogen functional groups attached to an aromatic ring is 2. The van der Waals surface area contributed by atoms with Gasteiger partial charge in [0.25, 0.3) is 5.91 Å². The van der Waals surface area contributed by atoms with E-state index in [9.17, 15) is 13.6 Å². The van der Waals surface area contributed by atoms with Gasteiger partial charge < -0.3 is 16.8 Å². The number of fused-ring (bicyclic) bond motifs is 1. The fraction of sp³-hybridized carbons (Fsp3) is 0. The maximum atomic E-state index is 13.4. The van der Waals surface area contributed by atoms with Gasteiger partial charge in [0.2, 0.25) is 0 Å². The van der Waals surface area contributed by atoms with Crippen LogP contribution in [0.4, 0.5) is 20.2 Å². The Morgan fingerprint density at radius 1 is 0.903 bits per heavy atom. The van der Waals surface area contributed by atoms with Gasteiger partial charge in [-0.1, -0.05) is 36.4 Å². The standard InChI is InChI=1S/C24H18F2N4O/c25-15-10-16(26)12-17(11-15)30-24(31)20-5-1-3-13-9-14(7-8-18(13)20)19-4-2-6-21(27)22(19)23(28)29/h1-12H,27H2,(H3,28,29)(H,30,31). The molecule has 4 rings (SSSR count). The molecule has 0 aliphatic rings. The molecule has 5 nitrogen and oxygen atoms in total. The third kappa shape index (κ3) is 3.93. The summed E-state index contributed by atoms with van der Waals surface area (Å²) in [5, 5.41) is 11.8. The van der Waals surface area contributed by atoms with Crippen LogP contribution < -0.4 is 16.8 Å². The van der Waals surface area contributed by atoms with Crippen LogP contribution in [0.3, 0.4) is 0 Å². The van der Waals surface area contributed by atoms with Crippen LogP contribution >= 0.6 is 0 Å². The lowest BCUT2D eigenvalue weighted by atomic mass is 9.94. The van der Waals surface area contributed by atoms with Gasteiger partial charge in [0, 0.05) is 28.6 Å². The van der Waals surface area contributed by atoms with Gasteiger partial charge in [0.1, 0.15) is 17.5 Å². The maximum Gasteiger partial charge on any atom is 0.256 e. The highest BCUT2D eigenvalue weighted by atomic mass is 19.1. The summed E-state index contributed by atoms with van der Waals surface area (Å²) < 4.78 is 26.9. The minimum Gasteiger partial charge on any atom is -0.398 e. The summed E-state index contributed by atoms with van der Waals surface area (Å²) in [6.45, 7) is 0. The molecule has 154 valence electrons. The molecule has 0 aliphatic heterocycles. The van der Waals surface area contributed by atoms with Crippen molar-refractivity contribution in [3.05, 3.63) is 95.6 Å². The largest absolute Gasteiger partial charge is 0.398 e. The molecular weight excluding hydrogens is 398 g/mol. The fourth-order valence-corrected chi connectivity index (χ4v) is 3.58. The summed E-state index contributed by atoms with van der Waals surface area (Å²) in [5.74, 6) is -2.18. The average molecular weight is 416 g/mol. The molecule has 0 atom stereocenters. The number of benzene rings is 4. The summed E-state index contributed by atoms with van der Waals surface area (Å²) in [5.41, 5.74) is 14.5. The summed E-state index contributed by atoms with van der Waals surface area (Å²) >= 11 is 0. The molecule has 6 N–H and O–H groups in total. The van der Waals surface area contributed by atoms with E-state index in [1.54, 1.807) is 30.3 Å². The van der Waals surface area contributed by atoms with Crippen molar-refractivity contribution < 1.29 is 13.6 Å². The second-order valence-corrected chi connectivity index (χ2v) is 7.04. The molecule has 1 amide bonds. The molecule has 0 unspecified atom stereocenters. The third-order valence-electron chi connectivity index (χ3n) is 4.92. The van der Waals surface area contributed by atoms with E-state index in [0.717, 1.165) is 29.1 Å². The first-order chi connectivity index (χ1) is 14.8. The minimum absolute atomic E-state index is 0.0296. The van der Waals surface area contributed by atoms with Gasteiger partial charge in [-0.3, -0.25) is 10.2 Å². The van der Waals surface area contributed by atoms with Crippen molar-refractivity contribution in [2.24, 2.45) is 5.73 Å². The minimum atomic E-state index is -0.777. The number of nitrogens with one attached hydrogen (secondary N) is 2. The predicted octanol–water partition coefficient (Wildman–Crippen LogP) is 4.90. The van der Waals surface area contributed by atoms with Crippen LogP contribution in [0.2, 0.25) is 0 Å². The SMILES string of the molecule is N=C(N)c1c(N)cccc1-c1ccc2c(C(=O)Nc3cc(F)cc(F)c3)cccc2c1. The molecule has 4 aromatic carbocycles. The second kappa shape index (κ2) is 7.87. The molecule has 4 aromatic rings. The number of amidine groups is 1. The quantitative estimate of drug-likeness (QED) is 0.216. The molecule has 0 fully saturated rings. The number of rotatable bonds is 4. The monoisotopic (exact) mass is 416 g/mol. The highest BCUT2D eigenvalue weighted by molar-refractivity contribution is 6.13. The molecule has 31 heavy (non-hydrogen) atoms. The average Bonchev–Trinajstić information content (AvgIpc) is 2.71. The van der Waals surface area contributed by atoms with E-state index in [-0.39, 0.29) is 11.5 Å². The summed E-state index contributed by atoms with van der Waals surface area (Å²) in [6.07, 6.45) is 0. The number of carbonyl (C=O) groups is 1. The first-order valence-corrected chi connectivity index (χ1v) is 9.37. The number of nitrogens with two attached hydrogens (primary N) is 2.